The molecule has 0 saturated heterocycles. The van der Waals surface area contributed by atoms with E-state index in [0.29, 0.717) is 11.8 Å². The lowest BCUT2D eigenvalue weighted by molar-refractivity contribution is 1.19. The van der Waals surface area contributed by atoms with Gasteiger partial charge < -0.3 is 0 Å². The largest absolute Gasteiger partial charge is 0.254 e. The van der Waals surface area contributed by atoms with Crippen molar-refractivity contribution in [2.45, 2.75) is 11.8 Å². The molecule has 0 atom stereocenters. The van der Waals surface area contributed by atoms with E-state index in [1.807, 2.05) is 24.3 Å². The van der Waals surface area contributed by atoms with Crippen LogP contribution in [0, 0.1) is 0 Å². The number of rotatable bonds is 3. The monoisotopic (exact) mass is 252 g/mol. The summed E-state index contributed by atoms with van der Waals surface area (Å²) in [5.74, 6) is 0.956. The highest BCUT2D eigenvalue weighted by atomic mass is 35.5. The number of hydrogen-bond acceptors (Lipinski definition) is 2. The Morgan fingerprint density at radius 1 is 0.750 bits per heavy atom. The molecule has 16 heavy (non-hydrogen) atoms. The van der Waals surface area contributed by atoms with Gasteiger partial charge in [0, 0.05) is 24.2 Å². The van der Waals surface area contributed by atoms with Crippen molar-refractivity contribution in [3.05, 3.63) is 47.8 Å². The summed E-state index contributed by atoms with van der Waals surface area (Å²) in [7, 11) is 0. The Kier molecular flexibility index (Phi) is 3.75. The van der Waals surface area contributed by atoms with E-state index in [0.717, 1.165) is 22.5 Å². The molecule has 2 aromatic rings. The van der Waals surface area contributed by atoms with Gasteiger partial charge in [-0.05, 0) is 23.3 Å². The fraction of sp³-hybridized carbons (Fsp3) is 0.167. The van der Waals surface area contributed by atoms with Crippen molar-refractivity contribution >= 4 is 23.2 Å². The van der Waals surface area contributed by atoms with E-state index in [1.54, 1.807) is 12.4 Å². The SMILES string of the molecule is ClCc1ccc(-c2ccc(CCl)cn2)nc1. The average Bonchev–Trinajstić information content (AvgIpc) is 2.39. The van der Waals surface area contributed by atoms with E-state index < -0.39 is 0 Å². The summed E-state index contributed by atoms with van der Waals surface area (Å²) in [4.78, 5) is 8.59. The number of hydrogen-bond donors (Lipinski definition) is 0. The highest BCUT2D eigenvalue weighted by Gasteiger charge is 2.01. The Morgan fingerprint density at radius 3 is 1.44 bits per heavy atom. The summed E-state index contributed by atoms with van der Waals surface area (Å²) in [6.07, 6.45) is 3.53. The van der Waals surface area contributed by atoms with E-state index >= 15 is 0 Å². The first-order valence-corrected chi connectivity index (χ1v) is 5.92. The second kappa shape index (κ2) is 5.28. The van der Waals surface area contributed by atoms with Crippen LogP contribution in [-0.2, 0) is 11.8 Å². The van der Waals surface area contributed by atoms with Gasteiger partial charge in [-0.1, -0.05) is 12.1 Å². The van der Waals surface area contributed by atoms with Gasteiger partial charge in [-0.3, -0.25) is 9.97 Å². The maximum atomic E-state index is 5.69. The van der Waals surface area contributed by atoms with Crippen LogP contribution in [0.15, 0.2) is 36.7 Å². The zero-order valence-corrected chi connectivity index (χ0v) is 10.0. The van der Waals surface area contributed by atoms with Crippen molar-refractivity contribution in [2.75, 3.05) is 0 Å². The molecular formula is C12H10Cl2N2. The molecule has 0 aliphatic heterocycles. The lowest BCUT2D eigenvalue weighted by Gasteiger charge is -2.01. The average molecular weight is 253 g/mol. The Hall–Kier alpha value is -1.12. The first kappa shape index (κ1) is 11.4. The number of halogens is 2. The third kappa shape index (κ3) is 2.52. The molecule has 0 aromatic carbocycles. The summed E-state index contributed by atoms with van der Waals surface area (Å²) in [6, 6.07) is 7.74. The molecule has 0 bridgehead atoms. The zero-order chi connectivity index (χ0) is 11.4. The molecule has 0 fully saturated rings. The second-order valence-electron chi connectivity index (χ2n) is 3.37. The predicted molar refractivity (Wildman–Crippen MR) is 66.6 cm³/mol. The Labute approximate surface area is 104 Å². The van der Waals surface area contributed by atoms with Crippen LogP contribution in [0.25, 0.3) is 11.4 Å². The van der Waals surface area contributed by atoms with Crippen LogP contribution in [0.4, 0.5) is 0 Å². The summed E-state index contributed by atoms with van der Waals surface area (Å²) >= 11 is 11.4. The minimum Gasteiger partial charge on any atom is -0.254 e. The van der Waals surface area contributed by atoms with Gasteiger partial charge in [0.15, 0.2) is 0 Å². The van der Waals surface area contributed by atoms with Crippen LogP contribution in [0.5, 0.6) is 0 Å². The maximum Gasteiger partial charge on any atom is 0.0886 e. The molecule has 2 heterocycles. The molecule has 0 aliphatic carbocycles. The fourth-order valence-corrected chi connectivity index (χ4v) is 1.63. The maximum absolute atomic E-state index is 5.69. The third-order valence-electron chi connectivity index (χ3n) is 2.22. The fourth-order valence-electron chi connectivity index (χ4n) is 1.31. The molecule has 0 saturated carbocycles. The first-order chi connectivity index (χ1) is 7.83. The number of alkyl halides is 2. The standard InChI is InChI=1S/C12H10Cl2N2/c13-5-9-1-3-11(15-7-9)12-4-2-10(6-14)8-16-12/h1-4,7-8H,5-6H2. The van der Waals surface area contributed by atoms with Gasteiger partial charge in [0.1, 0.15) is 0 Å². The highest BCUT2D eigenvalue weighted by molar-refractivity contribution is 6.17. The van der Waals surface area contributed by atoms with Gasteiger partial charge in [-0.2, -0.15) is 0 Å². The van der Waals surface area contributed by atoms with Gasteiger partial charge >= 0.3 is 0 Å². The van der Waals surface area contributed by atoms with Gasteiger partial charge in [0.05, 0.1) is 11.4 Å². The predicted octanol–water partition coefficient (Wildman–Crippen LogP) is 3.62. The summed E-state index contributed by atoms with van der Waals surface area (Å²) < 4.78 is 0. The van der Waals surface area contributed by atoms with E-state index in [-0.39, 0.29) is 0 Å². The van der Waals surface area contributed by atoms with E-state index in [4.69, 9.17) is 23.2 Å². The van der Waals surface area contributed by atoms with Gasteiger partial charge in [0.2, 0.25) is 0 Å². The molecule has 0 radical (unpaired) electrons. The van der Waals surface area contributed by atoms with Crippen LogP contribution in [0.3, 0.4) is 0 Å². The van der Waals surface area contributed by atoms with Crippen molar-refractivity contribution in [1.29, 1.82) is 0 Å². The summed E-state index contributed by atoms with van der Waals surface area (Å²) in [6.45, 7) is 0. The van der Waals surface area contributed by atoms with E-state index in [1.165, 1.54) is 0 Å². The molecule has 2 nitrogen and oxygen atoms in total. The number of pyridine rings is 2. The van der Waals surface area contributed by atoms with Crippen LogP contribution in [0.2, 0.25) is 0 Å². The van der Waals surface area contributed by atoms with Crippen LogP contribution < -0.4 is 0 Å². The smallest absolute Gasteiger partial charge is 0.0886 e. The van der Waals surface area contributed by atoms with Crippen molar-refractivity contribution in [3.8, 4) is 11.4 Å². The van der Waals surface area contributed by atoms with Crippen molar-refractivity contribution in [1.82, 2.24) is 9.97 Å². The Morgan fingerprint density at radius 2 is 1.19 bits per heavy atom. The minimum absolute atomic E-state index is 0.478. The van der Waals surface area contributed by atoms with Gasteiger partial charge in [-0.25, -0.2) is 0 Å². The molecule has 82 valence electrons. The Balaban J connectivity index is 2.28. The van der Waals surface area contributed by atoms with Crippen LogP contribution >= 0.6 is 23.2 Å². The first-order valence-electron chi connectivity index (χ1n) is 4.85. The third-order valence-corrected chi connectivity index (χ3v) is 2.84. The minimum atomic E-state index is 0.478. The lowest BCUT2D eigenvalue weighted by Crippen LogP contribution is -1.89. The van der Waals surface area contributed by atoms with Crippen molar-refractivity contribution in [2.24, 2.45) is 0 Å². The van der Waals surface area contributed by atoms with Crippen LogP contribution in [-0.4, -0.2) is 9.97 Å². The molecule has 2 aromatic heterocycles. The molecule has 0 spiro atoms. The molecule has 0 N–H and O–H groups in total. The second-order valence-corrected chi connectivity index (χ2v) is 3.91. The molecule has 2 rings (SSSR count). The molecular weight excluding hydrogens is 243 g/mol. The van der Waals surface area contributed by atoms with Crippen LogP contribution in [0.1, 0.15) is 11.1 Å². The molecule has 4 heteroatoms. The van der Waals surface area contributed by atoms with Gasteiger partial charge in [0.25, 0.3) is 0 Å². The van der Waals surface area contributed by atoms with Crippen molar-refractivity contribution in [3.63, 3.8) is 0 Å². The van der Waals surface area contributed by atoms with E-state index in [9.17, 15) is 0 Å². The summed E-state index contributed by atoms with van der Waals surface area (Å²) in [5.41, 5.74) is 3.69. The molecule has 0 aliphatic rings. The quantitative estimate of drug-likeness (QED) is 0.780. The Bertz CT molecular complexity index is 406. The topological polar surface area (TPSA) is 25.8 Å². The van der Waals surface area contributed by atoms with Crippen molar-refractivity contribution < 1.29 is 0 Å². The van der Waals surface area contributed by atoms with E-state index in [2.05, 4.69) is 9.97 Å². The molecule has 0 unspecified atom stereocenters. The normalized spacial score (nSPS) is 10.4. The molecule has 0 amide bonds. The highest BCUT2D eigenvalue weighted by Crippen LogP contribution is 2.15. The zero-order valence-electron chi connectivity index (χ0n) is 8.53. The number of nitrogens with zero attached hydrogens (tertiary/aromatic N) is 2. The number of aromatic nitrogens is 2. The van der Waals surface area contributed by atoms with Gasteiger partial charge in [-0.15, -0.1) is 23.2 Å². The summed E-state index contributed by atoms with van der Waals surface area (Å²) in [5, 5.41) is 0. The lowest BCUT2D eigenvalue weighted by atomic mass is 10.2.